The fourth-order valence-corrected chi connectivity index (χ4v) is 6.07. The fraction of sp³-hybridized carbons (Fsp3) is 0. The lowest BCUT2D eigenvalue weighted by Crippen LogP contribution is -2.00. The Bertz CT molecular complexity index is 2430. The zero-order valence-corrected chi connectivity index (χ0v) is 23.0. The first-order valence-electron chi connectivity index (χ1n) is 14.4. The van der Waals surface area contributed by atoms with E-state index in [-0.39, 0.29) is 0 Å². The van der Waals surface area contributed by atoms with Crippen molar-refractivity contribution in [3.05, 3.63) is 140 Å². The van der Waals surface area contributed by atoms with Gasteiger partial charge in [-0.2, -0.15) is 0 Å². The molecule has 0 saturated heterocycles. The second kappa shape index (κ2) is 9.33. The van der Waals surface area contributed by atoms with E-state index < -0.39 is 0 Å². The molecular weight excluding hydrogens is 526 g/mol. The Morgan fingerprint density at radius 3 is 1.49 bits per heavy atom. The quantitative estimate of drug-likeness (QED) is 0.220. The zero-order chi connectivity index (χ0) is 28.3. The monoisotopic (exact) mass is 549 g/mol. The minimum Gasteiger partial charge on any atom is -0.455 e. The third kappa shape index (κ3) is 3.96. The zero-order valence-electron chi connectivity index (χ0n) is 23.0. The Morgan fingerprint density at radius 1 is 0.372 bits per heavy atom. The Balaban J connectivity index is 1.30. The summed E-state index contributed by atoms with van der Waals surface area (Å²) in [6.45, 7) is 0. The summed E-state index contributed by atoms with van der Waals surface area (Å²) in [5.74, 6) is 1.83. The van der Waals surface area contributed by atoms with E-state index in [1.807, 2.05) is 6.07 Å². The van der Waals surface area contributed by atoms with E-state index in [1.165, 1.54) is 16.2 Å². The number of hydrogen-bond donors (Lipinski definition) is 0. The lowest BCUT2D eigenvalue weighted by molar-refractivity contribution is 0.670. The van der Waals surface area contributed by atoms with E-state index in [0.29, 0.717) is 17.5 Å². The summed E-state index contributed by atoms with van der Waals surface area (Å²) in [5.41, 5.74) is 4.33. The fourth-order valence-electron chi connectivity index (χ4n) is 6.07. The van der Waals surface area contributed by atoms with E-state index in [1.54, 1.807) is 0 Å². The summed E-state index contributed by atoms with van der Waals surface area (Å²) >= 11 is 0. The molecule has 0 bridgehead atoms. The molecule has 7 aromatic carbocycles. The molecule has 9 rings (SSSR count). The minimum absolute atomic E-state index is 0.579. The van der Waals surface area contributed by atoms with Crippen molar-refractivity contribution >= 4 is 54.3 Å². The highest BCUT2D eigenvalue weighted by molar-refractivity contribution is 6.13. The van der Waals surface area contributed by atoms with Gasteiger partial charge in [0.1, 0.15) is 11.2 Å². The van der Waals surface area contributed by atoms with Gasteiger partial charge in [0.05, 0.1) is 5.56 Å². The Morgan fingerprint density at radius 2 is 0.884 bits per heavy atom. The molecule has 4 nitrogen and oxygen atoms in total. The molecule has 0 radical (unpaired) electrons. The van der Waals surface area contributed by atoms with E-state index in [4.69, 9.17) is 19.4 Å². The van der Waals surface area contributed by atoms with E-state index in [0.717, 1.165) is 54.8 Å². The largest absolute Gasteiger partial charge is 0.455 e. The van der Waals surface area contributed by atoms with Crippen molar-refractivity contribution in [2.75, 3.05) is 0 Å². The number of rotatable bonds is 3. The van der Waals surface area contributed by atoms with Gasteiger partial charge in [-0.25, -0.2) is 15.0 Å². The summed E-state index contributed by atoms with van der Waals surface area (Å²) in [7, 11) is 0. The number of furan rings is 1. The number of nitrogens with zero attached hydrogens (tertiary/aromatic N) is 3. The average molecular weight is 550 g/mol. The molecule has 2 heterocycles. The maximum Gasteiger partial charge on any atom is 0.167 e. The van der Waals surface area contributed by atoms with Crippen LogP contribution in [0.1, 0.15) is 0 Å². The highest BCUT2D eigenvalue weighted by atomic mass is 16.3. The number of aromatic nitrogens is 3. The van der Waals surface area contributed by atoms with Gasteiger partial charge in [0, 0.05) is 21.9 Å². The molecule has 200 valence electrons. The van der Waals surface area contributed by atoms with Crippen molar-refractivity contribution in [1.29, 1.82) is 0 Å². The molecule has 0 aliphatic rings. The van der Waals surface area contributed by atoms with Crippen LogP contribution in [0.15, 0.2) is 144 Å². The maximum absolute atomic E-state index is 6.55. The average Bonchev–Trinajstić information content (AvgIpc) is 3.44. The van der Waals surface area contributed by atoms with Crippen molar-refractivity contribution in [2.45, 2.75) is 0 Å². The third-order valence-electron chi connectivity index (χ3n) is 8.26. The molecule has 0 N–H and O–H groups in total. The van der Waals surface area contributed by atoms with Crippen LogP contribution in [-0.4, -0.2) is 15.0 Å². The molecule has 0 atom stereocenters. The Hall–Kier alpha value is -5.87. The summed E-state index contributed by atoms with van der Waals surface area (Å²) < 4.78 is 6.55. The minimum atomic E-state index is 0.579. The van der Waals surface area contributed by atoms with Crippen LogP contribution in [0.25, 0.3) is 88.4 Å². The van der Waals surface area contributed by atoms with Crippen molar-refractivity contribution in [2.24, 2.45) is 0 Å². The van der Waals surface area contributed by atoms with Crippen LogP contribution in [0.3, 0.4) is 0 Å². The molecule has 0 saturated carbocycles. The van der Waals surface area contributed by atoms with Gasteiger partial charge in [-0.15, -0.1) is 0 Å². The smallest absolute Gasteiger partial charge is 0.167 e. The molecule has 2 aromatic heterocycles. The SMILES string of the molecule is c1ccc2cc(-c3nc(-c4ccc5ccccc5c4)nc(-c4cccc5c4oc4cc6ccccc6cc45)n3)ccc2c1. The number of benzene rings is 7. The van der Waals surface area contributed by atoms with E-state index >= 15 is 0 Å². The molecule has 43 heavy (non-hydrogen) atoms. The lowest BCUT2D eigenvalue weighted by Gasteiger charge is -2.10. The maximum atomic E-state index is 6.55. The molecule has 0 aliphatic carbocycles. The van der Waals surface area contributed by atoms with Crippen LogP contribution in [0.2, 0.25) is 0 Å². The standard InChI is InChI=1S/C39H23N3O/c1-3-10-26-20-30(18-16-24(26)8-1)37-40-38(31-19-17-25-9-2-4-11-27(25)21-31)42-39(41-37)33-15-7-14-32-34-22-28-12-5-6-13-29(28)23-35(34)43-36(32)33/h1-23H. The molecule has 9 aromatic rings. The van der Waals surface area contributed by atoms with Gasteiger partial charge >= 0.3 is 0 Å². The van der Waals surface area contributed by atoms with Crippen LogP contribution in [0.5, 0.6) is 0 Å². The van der Waals surface area contributed by atoms with E-state index in [9.17, 15) is 0 Å². The van der Waals surface area contributed by atoms with Crippen LogP contribution in [0, 0.1) is 0 Å². The Labute approximate surface area is 246 Å². The normalized spacial score (nSPS) is 11.7. The molecule has 0 unspecified atom stereocenters. The van der Waals surface area contributed by atoms with Gasteiger partial charge in [0.15, 0.2) is 17.5 Å². The van der Waals surface area contributed by atoms with Crippen LogP contribution in [0.4, 0.5) is 0 Å². The summed E-state index contributed by atoms with van der Waals surface area (Å²) in [4.78, 5) is 15.1. The molecular formula is C39H23N3O. The highest BCUT2D eigenvalue weighted by Crippen LogP contribution is 2.37. The van der Waals surface area contributed by atoms with Crippen LogP contribution >= 0.6 is 0 Å². The number of hydrogen-bond acceptors (Lipinski definition) is 4. The predicted molar refractivity (Wildman–Crippen MR) is 176 cm³/mol. The molecule has 0 amide bonds. The predicted octanol–water partition coefficient (Wildman–Crippen LogP) is 10.2. The van der Waals surface area contributed by atoms with Crippen molar-refractivity contribution < 1.29 is 4.42 Å². The first kappa shape index (κ1) is 23.8. The van der Waals surface area contributed by atoms with Gasteiger partial charge in [0.25, 0.3) is 0 Å². The van der Waals surface area contributed by atoms with Gasteiger partial charge in [0.2, 0.25) is 0 Å². The highest BCUT2D eigenvalue weighted by Gasteiger charge is 2.18. The Kier molecular flexibility index (Phi) is 5.16. The lowest BCUT2D eigenvalue weighted by atomic mass is 10.0. The van der Waals surface area contributed by atoms with Crippen molar-refractivity contribution in [3.63, 3.8) is 0 Å². The third-order valence-corrected chi connectivity index (χ3v) is 8.26. The first-order valence-corrected chi connectivity index (χ1v) is 14.4. The molecule has 0 spiro atoms. The van der Waals surface area contributed by atoms with Gasteiger partial charge in [-0.1, -0.05) is 109 Å². The summed E-state index contributed by atoms with van der Waals surface area (Å²) in [5, 5.41) is 9.08. The van der Waals surface area contributed by atoms with Crippen molar-refractivity contribution in [3.8, 4) is 34.2 Å². The van der Waals surface area contributed by atoms with Gasteiger partial charge < -0.3 is 4.42 Å². The number of para-hydroxylation sites is 1. The van der Waals surface area contributed by atoms with Crippen LogP contribution in [-0.2, 0) is 0 Å². The summed E-state index contributed by atoms with van der Waals surface area (Å²) in [6, 6.07) is 48.2. The van der Waals surface area contributed by atoms with Crippen LogP contribution < -0.4 is 0 Å². The second-order valence-electron chi connectivity index (χ2n) is 10.9. The van der Waals surface area contributed by atoms with E-state index in [2.05, 4.69) is 133 Å². The second-order valence-corrected chi connectivity index (χ2v) is 10.9. The van der Waals surface area contributed by atoms with Gasteiger partial charge in [-0.3, -0.25) is 0 Å². The molecule has 0 aliphatic heterocycles. The first-order chi connectivity index (χ1) is 21.3. The summed E-state index contributed by atoms with van der Waals surface area (Å²) in [6.07, 6.45) is 0. The topological polar surface area (TPSA) is 51.8 Å². The molecule has 4 heteroatoms. The number of fused-ring (bicyclic) bond motifs is 6. The van der Waals surface area contributed by atoms with Crippen molar-refractivity contribution in [1.82, 2.24) is 15.0 Å². The van der Waals surface area contributed by atoms with Gasteiger partial charge in [-0.05, 0) is 62.6 Å². The molecule has 0 fully saturated rings.